The first-order chi connectivity index (χ1) is 4.47. The molecule has 0 radical (unpaired) electrons. The number of likely N-dealkylation sites (tertiary alicyclic amines) is 1. The lowest BCUT2D eigenvalue weighted by atomic mass is 9.89. The molecule has 0 aromatic rings. The van der Waals surface area contributed by atoms with Gasteiger partial charge >= 0.3 is 6.98 Å². The van der Waals surface area contributed by atoms with Gasteiger partial charge in [-0.15, -0.1) is 0 Å². The van der Waals surface area contributed by atoms with Crippen LogP contribution in [0.25, 0.3) is 0 Å². The quantitative estimate of drug-likeness (QED) is 0.568. The van der Waals surface area contributed by atoms with E-state index < -0.39 is 19.5 Å². The van der Waals surface area contributed by atoms with Crippen LogP contribution in [0.4, 0.5) is 12.9 Å². The molecule has 1 heterocycles. The van der Waals surface area contributed by atoms with E-state index in [0.29, 0.717) is 0 Å². The number of aliphatic hydroxyl groups is 1. The summed E-state index contributed by atoms with van der Waals surface area (Å²) in [6.07, 6.45) is -1.38. The molecule has 0 atom stereocenters. The highest BCUT2D eigenvalue weighted by Crippen LogP contribution is 2.15. The summed E-state index contributed by atoms with van der Waals surface area (Å²) in [4.78, 5) is 1.19. The van der Waals surface area contributed by atoms with Crippen molar-refractivity contribution >= 4 is 6.98 Å². The minimum Gasteiger partial charge on any atom is -0.448 e. The van der Waals surface area contributed by atoms with Crippen LogP contribution >= 0.6 is 0 Å². The minimum atomic E-state index is -4.70. The van der Waals surface area contributed by atoms with Gasteiger partial charge in [-0.05, 0) is 6.44 Å². The van der Waals surface area contributed by atoms with Crippen LogP contribution in [0.3, 0.4) is 0 Å². The normalized spacial score (nSPS) is 22.8. The van der Waals surface area contributed by atoms with Crippen LogP contribution in [-0.4, -0.2) is 42.6 Å². The van der Waals surface area contributed by atoms with Crippen molar-refractivity contribution in [1.82, 2.24) is 4.90 Å². The third-order valence-corrected chi connectivity index (χ3v) is 1.40. The number of β-amino-alcohol motifs (C(OH)–C–C–N with tert-alkyl or cyclic N) is 1. The molecule has 1 rings (SSSR count). The van der Waals surface area contributed by atoms with Crippen LogP contribution in [0.5, 0.6) is 0 Å². The Labute approximate surface area is 56.7 Å². The van der Waals surface area contributed by atoms with Crippen LogP contribution in [-0.2, 0) is 0 Å². The lowest BCUT2D eigenvalue weighted by Gasteiger charge is -2.38. The van der Waals surface area contributed by atoms with Crippen molar-refractivity contribution in [2.75, 3.05) is 19.5 Å². The van der Waals surface area contributed by atoms with E-state index in [1.54, 1.807) is 0 Å². The second kappa shape index (κ2) is 2.43. The molecule has 1 fully saturated rings. The third kappa shape index (κ3) is 2.19. The van der Waals surface area contributed by atoms with Crippen LogP contribution < -0.4 is 0 Å². The molecule has 1 aliphatic rings. The molecule has 1 N–H and O–H groups in total. The number of hydrogen-bond donors (Lipinski definition) is 1. The predicted octanol–water partition coefficient (Wildman–Crippen LogP) is 0.0495. The standard InChI is InChI=1S/C4H8BF3NO/c6-5(7,8)3-9-1-4(10)2-9/h4,10H,1-3H2/q-1. The maximum atomic E-state index is 11.6. The molecule has 1 saturated heterocycles. The van der Waals surface area contributed by atoms with Crippen molar-refractivity contribution in [3.8, 4) is 0 Å². The fourth-order valence-electron chi connectivity index (χ4n) is 0.984. The highest BCUT2D eigenvalue weighted by atomic mass is 19.4. The number of halogens is 3. The fourth-order valence-corrected chi connectivity index (χ4v) is 0.984. The predicted molar refractivity (Wildman–Crippen MR) is 31.5 cm³/mol. The number of nitrogens with zero attached hydrogens (tertiary/aromatic N) is 1. The van der Waals surface area contributed by atoms with Gasteiger partial charge < -0.3 is 23.0 Å². The van der Waals surface area contributed by atoms with Crippen LogP contribution in [0.1, 0.15) is 0 Å². The van der Waals surface area contributed by atoms with E-state index >= 15 is 0 Å². The molecule has 0 saturated carbocycles. The molecule has 0 aromatic heterocycles. The van der Waals surface area contributed by atoms with Crippen molar-refractivity contribution in [2.45, 2.75) is 6.10 Å². The molecule has 10 heavy (non-hydrogen) atoms. The molecule has 0 unspecified atom stereocenters. The number of rotatable bonds is 2. The highest BCUT2D eigenvalue weighted by Gasteiger charge is 2.32. The molecule has 0 spiro atoms. The largest absolute Gasteiger partial charge is 0.492 e. The van der Waals surface area contributed by atoms with Crippen molar-refractivity contribution in [3.63, 3.8) is 0 Å². The zero-order chi connectivity index (χ0) is 7.78. The van der Waals surface area contributed by atoms with Gasteiger partial charge in [0.25, 0.3) is 0 Å². The first-order valence-electron chi connectivity index (χ1n) is 3.09. The van der Waals surface area contributed by atoms with E-state index in [1.165, 1.54) is 4.90 Å². The average Bonchev–Trinajstić information content (AvgIpc) is 1.57. The van der Waals surface area contributed by atoms with Crippen LogP contribution in [0, 0.1) is 0 Å². The Balaban J connectivity index is 2.16. The Morgan fingerprint density at radius 3 is 2.20 bits per heavy atom. The Hall–Kier alpha value is -0.225. The Bertz CT molecular complexity index is 122. The Kier molecular flexibility index (Phi) is 1.91. The van der Waals surface area contributed by atoms with E-state index in [2.05, 4.69) is 0 Å². The summed E-state index contributed by atoms with van der Waals surface area (Å²) in [5.74, 6) is 0. The smallest absolute Gasteiger partial charge is 0.448 e. The molecule has 0 amide bonds. The summed E-state index contributed by atoms with van der Waals surface area (Å²) >= 11 is 0. The fraction of sp³-hybridized carbons (Fsp3) is 1.00. The SMILES string of the molecule is OC1CN(C[B-](F)(F)F)C1. The van der Waals surface area contributed by atoms with Gasteiger partial charge in [0.2, 0.25) is 0 Å². The number of hydrogen-bond acceptors (Lipinski definition) is 2. The second-order valence-electron chi connectivity index (χ2n) is 2.58. The monoisotopic (exact) mass is 154 g/mol. The van der Waals surface area contributed by atoms with E-state index in [4.69, 9.17) is 5.11 Å². The Morgan fingerprint density at radius 1 is 1.40 bits per heavy atom. The van der Waals surface area contributed by atoms with Gasteiger partial charge in [0.15, 0.2) is 0 Å². The molecule has 1 aliphatic heterocycles. The van der Waals surface area contributed by atoms with Gasteiger partial charge in [-0.1, -0.05) is 0 Å². The first-order valence-corrected chi connectivity index (χ1v) is 3.09. The lowest BCUT2D eigenvalue weighted by molar-refractivity contribution is 0.00875. The molecule has 0 bridgehead atoms. The van der Waals surface area contributed by atoms with Crippen molar-refractivity contribution in [3.05, 3.63) is 0 Å². The van der Waals surface area contributed by atoms with E-state index in [0.717, 1.165) is 0 Å². The maximum Gasteiger partial charge on any atom is 0.492 e. The molecular weight excluding hydrogens is 146 g/mol. The molecule has 0 aliphatic carbocycles. The summed E-state index contributed by atoms with van der Waals surface area (Å²) in [5.41, 5.74) is 0. The van der Waals surface area contributed by atoms with Gasteiger partial charge in [-0.25, -0.2) is 0 Å². The summed E-state index contributed by atoms with van der Waals surface area (Å²) in [6, 6.07) is 0. The van der Waals surface area contributed by atoms with Crippen molar-refractivity contribution in [2.24, 2.45) is 0 Å². The highest BCUT2D eigenvalue weighted by molar-refractivity contribution is 6.58. The van der Waals surface area contributed by atoms with Gasteiger partial charge in [0.1, 0.15) is 0 Å². The second-order valence-corrected chi connectivity index (χ2v) is 2.58. The van der Waals surface area contributed by atoms with Gasteiger partial charge in [-0.2, -0.15) is 0 Å². The summed E-state index contributed by atoms with van der Waals surface area (Å²) in [5, 5.41) is 8.61. The van der Waals surface area contributed by atoms with Gasteiger partial charge in [0.05, 0.1) is 6.10 Å². The topological polar surface area (TPSA) is 23.5 Å². The summed E-state index contributed by atoms with van der Waals surface area (Å²) in [7, 11) is 0. The molecule has 0 aromatic carbocycles. The summed E-state index contributed by atoms with van der Waals surface area (Å²) < 4.78 is 34.8. The van der Waals surface area contributed by atoms with E-state index in [-0.39, 0.29) is 13.1 Å². The van der Waals surface area contributed by atoms with Crippen LogP contribution in [0.15, 0.2) is 0 Å². The minimum absolute atomic E-state index is 0.168. The van der Waals surface area contributed by atoms with Crippen molar-refractivity contribution in [1.29, 1.82) is 0 Å². The van der Waals surface area contributed by atoms with Crippen molar-refractivity contribution < 1.29 is 18.1 Å². The molecule has 60 valence electrons. The van der Waals surface area contributed by atoms with Gasteiger partial charge in [0, 0.05) is 13.1 Å². The molecular formula is C4H8BF3NO-. The zero-order valence-electron chi connectivity index (χ0n) is 5.30. The van der Waals surface area contributed by atoms with Gasteiger partial charge in [-0.3, -0.25) is 0 Å². The van der Waals surface area contributed by atoms with E-state index in [1.807, 2.05) is 0 Å². The zero-order valence-corrected chi connectivity index (χ0v) is 5.30. The lowest BCUT2D eigenvalue weighted by Crippen LogP contribution is -2.55. The molecule has 2 nitrogen and oxygen atoms in total. The Morgan fingerprint density at radius 2 is 1.90 bits per heavy atom. The first kappa shape index (κ1) is 7.88. The van der Waals surface area contributed by atoms with E-state index in [9.17, 15) is 12.9 Å². The summed E-state index contributed by atoms with van der Waals surface area (Å²) in [6.45, 7) is -4.36. The maximum absolute atomic E-state index is 11.6. The molecule has 6 heteroatoms. The third-order valence-electron chi connectivity index (χ3n) is 1.40. The average molecular weight is 154 g/mol. The van der Waals surface area contributed by atoms with Crippen LogP contribution in [0.2, 0.25) is 0 Å². The number of aliphatic hydroxyl groups excluding tert-OH is 1.